The average molecular weight is 186 g/mol. The van der Waals surface area contributed by atoms with Crippen LogP contribution in [0.3, 0.4) is 0 Å². The quantitative estimate of drug-likeness (QED) is 0.541. The van der Waals surface area contributed by atoms with E-state index < -0.39 is 0 Å². The summed E-state index contributed by atoms with van der Waals surface area (Å²) in [5, 5.41) is 8.81. The molecule has 3 N–H and O–H groups in total. The number of hydrogen-bond donors (Lipinski definition) is 2. The summed E-state index contributed by atoms with van der Waals surface area (Å²) in [5.74, 6) is 0.594. The molecule has 0 amide bonds. The van der Waals surface area contributed by atoms with Gasteiger partial charge in [0.2, 0.25) is 0 Å². The lowest BCUT2D eigenvalue weighted by atomic mass is 10.1. The van der Waals surface area contributed by atoms with Gasteiger partial charge in [0.15, 0.2) is 0 Å². The van der Waals surface area contributed by atoms with Crippen molar-refractivity contribution in [1.82, 2.24) is 4.90 Å². The molecule has 1 unspecified atom stereocenters. The lowest BCUT2D eigenvalue weighted by Gasteiger charge is -2.23. The number of aliphatic hydroxyl groups is 1. The first-order chi connectivity index (χ1) is 6.24. The molecular weight excluding hydrogens is 164 g/mol. The van der Waals surface area contributed by atoms with Crippen LogP contribution in [0.1, 0.15) is 13.3 Å². The molecule has 0 aromatic carbocycles. The van der Waals surface area contributed by atoms with Crippen molar-refractivity contribution in [2.24, 2.45) is 11.7 Å². The lowest BCUT2D eigenvalue weighted by molar-refractivity contribution is 0.189. The van der Waals surface area contributed by atoms with Crippen molar-refractivity contribution in [3.05, 3.63) is 12.7 Å². The second-order valence-electron chi connectivity index (χ2n) is 3.45. The zero-order valence-corrected chi connectivity index (χ0v) is 8.58. The highest BCUT2D eigenvalue weighted by Gasteiger charge is 2.07. The van der Waals surface area contributed by atoms with Gasteiger partial charge >= 0.3 is 0 Å². The number of aliphatic hydroxyl groups excluding tert-OH is 1. The van der Waals surface area contributed by atoms with Gasteiger partial charge in [-0.25, -0.2) is 0 Å². The first kappa shape index (κ1) is 12.6. The average Bonchev–Trinajstić information content (AvgIpc) is 2.05. The number of nitrogens with two attached hydrogens (primary N) is 1. The van der Waals surface area contributed by atoms with Crippen molar-refractivity contribution in [2.45, 2.75) is 13.3 Å². The highest BCUT2D eigenvalue weighted by molar-refractivity contribution is 4.74. The zero-order chi connectivity index (χ0) is 10.1. The molecule has 0 saturated heterocycles. The van der Waals surface area contributed by atoms with Crippen molar-refractivity contribution in [3.8, 4) is 0 Å². The van der Waals surface area contributed by atoms with Crippen molar-refractivity contribution in [2.75, 3.05) is 32.8 Å². The Morgan fingerprint density at radius 2 is 2.31 bits per heavy atom. The van der Waals surface area contributed by atoms with Crippen LogP contribution in [0.15, 0.2) is 12.7 Å². The Hall–Kier alpha value is -0.380. The maximum Gasteiger partial charge on any atom is 0.0558 e. The van der Waals surface area contributed by atoms with Crippen LogP contribution in [0.5, 0.6) is 0 Å². The topological polar surface area (TPSA) is 49.5 Å². The molecule has 0 aromatic rings. The van der Waals surface area contributed by atoms with Gasteiger partial charge in [-0.2, -0.15) is 0 Å². The highest BCUT2D eigenvalue weighted by atomic mass is 16.3. The van der Waals surface area contributed by atoms with E-state index in [1.54, 1.807) is 0 Å². The molecule has 0 saturated carbocycles. The van der Waals surface area contributed by atoms with Gasteiger partial charge < -0.3 is 10.8 Å². The molecular formula is C10H22N2O. The molecule has 0 aliphatic heterocycles. The standard InChI is InChI=1S/C10H22N2O/c1-3-6-12(7-8-13)9-10(2)4-5-11/h3,10,13H,1,4-9,11H2,2H3. The third-order valence-electron chi connectivity index (χ3n) is 2.03. The minimum Gasteiger partial charge on any atom is -0.395 e. The molecule has 0 rings (SSSR count). The molecule has 0 bridgehead atoms. The molecule has 78 valence electrons. The Labute approximate surface area is 81.2 Å². The maximum atomic E-state index is 8.81. The third-order valence-corrected chi connectivity index (χ3v) is 2.03. The minimum absolute atomic E-state index is 0.211. The molecule has 0 heterocycles. The van der Waals surface area contributed by atoms with Crippen LogP contribution in [0, 0.1) is 5.92 Å². The van der Waals surface area contributed by atoms with Crippen molar-refractivity contribution in [1.29, 1.82) is 0 Å². The Balaban J connectivity index is 3.71. The van der Waals surface area contributed by atoms with E-state index in [1.807, 2.05) is 6.08 Å². The summed E-state index contributed by atoms with van der Waals surface area (Å²) in [4.78, 5) is 2.19. The van der Waals surface area contributed by atoms with E-state index in [0.717, 1.165) is 32.6 Å². The van der Waals surface area contributed by atoms with E-state index in [9.17, 15) is 0 Å². The van der Waals surface area contributed by atoms with Gasteiger partial charge in [0.1, 0.15) is 0 Å². The monoisotopic (exact) mass is 186 g/mol. The Morgan fingerprint density at radius 3 is 2.77 bits per heavy atom. The fraction of sp³-hybridized carbons (Fsp3) is 0.800. The van der Waals surface area contributed by atoms with Crippen LogP contribution < -0.4 is 5.73 Å². The summed E-state index contributed by atoms with van der Waals surface area (Å²) in [6.45, 7) is 9.37. The zero-order valence-electron chi connectivity index (χ0n) is 8.58. The molecule has 3 nitrogen and oxygen atoms in total. The van der Waals surface area contributed by atoms with E-state index in [1.165, 1.54) is 0 Å². The molecule has 0 spiro atoms. The Kier molecular flexibility index (Phi) is 7.99. The molecule has 0 radical (unpaired) electrons. The van der Waals surface area contributed by atoms with Gasteiger partial charge in [0.05, 0.1) is 6.61 Å². The molecule has 0 fully saturated rings. The summed E-state index contributed by atoms with van der Waals surface area (Å²) in [6, 6.07) is 0. The Morgan fingerprint density at radius 1 is 1.62 bits per heavy atom. The summed E-state index contributed by atoms with van der Waals surface area (Å²) in [6.07, 6.45) is 2.91. The normalized spacial score (nSPS) is 13.2. The minimum atomic E-state index is 0.211. The lowest BCUT2D eigenvalue weighted by Crippen LogP contribution is -2.32. The van der Waals surface area contributed by atoms with E-state index in [-0.39, 0.29) is 6.61 Å². The first-order valence-corrected chi connectivity index (χ1v) is 4.88. The van der Waals surface area contributed by atoms with Crippen LogP contribution in [0.25, 0.3) is 0 Å². The fourth-order valence-electron chi connectivity index (χ4n) is 1.40. The van der Waals surface area contributed by atoms with Gasteiger partial charge in [-0.15, -0.1) is 6.58 Å². The van der Waals surface area contributed by atoms with Crippen molar-refractivity contribution in [3.63, 3.8) is 0 Å². The molecule has 0 aliphatic carbocycles. The van der Waals surface area contributed by atoms with E-state index >= 15 is 0 Å². The smallest absolute Gasteiger partial charge is 0.0558 e. The predicted molar refractivity (Wildman–Crippen MR) is 56.6 cm³/mol. The largest absolute Gasteiger partial charge is 0.395 e. The summed E-state index contributed by atoms with van der Waals surface area (Å²) in [7, 11) is 0. The highest BCUT2D eigenvalue weighted by Crippen LogP contribution is 2.03. The van der Waals surface area contributed by atoms with Gasteiger partial charge in [-0.3, -0.25) is 4.90 Å². The number of hydrogen-bond acceptors (Lipinski definition) is 3. The van der Waals surface area contributed by atoms with Crippen LogP contribution >= 0.6 is 0 Å². The molecule has 3 heteroatoms. The molecule has 1 atom stereocenters. The van der Waals surface area contributed by atoms with E-state index in [0.29, 0.717) is 5.92 Å². The summed E-state index contributed by atoms with van der Waals surface area (Å²) in [5.41, 5.74) is 5.47. The van der Waals surface area contributed by atoms with Gasteiger partial charge in [0.25, 0.3) is 0 Å². The molecule has 13 heavy (non-hydrogen) atoms. The van der Waals surface area contributed by atoms with Crippen molar-refractivity contribution >= 4 is 0 Å². The van der Waals surface area contributed by atoms with Gasteiger partial charge in [-0.1, -0.05) is 13.0 Å². The summed E-state index contributed by atoms with van der Waals surface area (Å²) >= 11 is 0. The molecule has 0 aromatic heterocycles. The molecule has 0 aliphatic rings. The second-order valence-corrected chi connectivity index (χ2v) is 3.45. The van der Waals surface area contributed by atoms with Crippen molar-refractivity contribution < 1.29 is 5.11 Å². The Bertz CT molecular complexity index is 128. The predicted octanol–water partition coefficient (Wildman–Crippen LogP) is 0.452. The van der Waals surface area contributed by atoms with Gasteiger partial charge in [0, 0.05) is 19.6 Å². The van der Waals surface area contributed by atoms with E-state index in [2.05, 4.69) is 18.4 Å². The second kappa shape index (κ2) is 8.23. The maximum absolute atomic E-state index is 8.81. The van der Waals surface area contributed by atoms with Crippen LogP contribution in [-0.4, -0.2) is 42.8 Å². The van der Waals surface area contributed by atoms with E-state index in [4.69, 9.17) is 10.8 Å². The van der Waals surface area contributed by atoms with Crippen LogP contribution in [0.4, 0.5) is 0 Å². The number of rotatable bonds is 8. The first-order valence-electron chi connectivity index (χ1n) is 4.88. The fourth-order valence-corrected chi connectivity index (χ4v) is 1.40. The number of nitrogens with zero attached hydrogens (tertiary/aromatic N) is 1. The van der Waals surface area contributed by atoms with Crippen LogP contribution in [0.2, 0.25) is 0 Å². The van der Waals surface area contributed by atoms with Crippen LogP contribution in [-0.2, 0) is 0 Å². The third kappa shape index (κ3) is 6.75. The van der Waals surface area contributed by atoms with Gasteiger partial charge in [-0.05, 0) is 18.9 Å². The SMILES string of the molecule is C=CCN(CCO)CC(C)CCN. The summed E-state index contributed by atoms with van der Waals surface area (Å²) < 4.78 is 0.